The predicted molar refractivity (Wildman–Crippen MR) is 60.8 cm³/mol. The maximum atomic E-state index is 13.3. The Labute approximate surface area is 95.0 Å². The molecule has 1 aromatic rings. The first-order valence-corrected chi connectivity index (χ1v) is 5.46. The Kier molecular flexibility index (Phi) is 5.22. The van der Waals surface area contributed by atoms with Crippen LogP contribution in [0.25, 0.3) is 0 Å². The fourth-order valence-corrected chi connectivity index (χ4v) is 1.48. The van der Waals surface area contributed by atoms with Crippen LogP contribution in [0.1, 0.15) is 19.8 Å². The predicted octanol–water partition coefficient (Wildman–Crippen LogP) is 1.69. The Morgan fingerprint density at radius 3 is 2.69 bits per heavy atom. The molecule has 0 saturated heterocycles. The van der Waals surface area contributed by atoms with Crippen molar-refractivity contribution in [3.05, 3.63) is 30.1 Å². The summed E-state index contributed by atoms with van der Waals surface area (Å²) >= 11 is 0. The van der Waals surface area contributed by atoms with Crippen LogP contribution in [0.3, 0.4) is 0 Å². The molecule has 0 heterocycles. The highest BCUT2D eigenvalue weighted by Gasteiger charge is 2.19. The van der Waals surface area contributed by atoms with Crippen LogP contribution in [0.4, 0.5) is 4.39 Å². The van der Waals surface area contributed by atoms with Gasteiger partial charge in [0.15, 0.2) is 11.6 Å². The summed E-state index contributed by atoms with van der Waals surface area (Å²) in [5.74, 6) is -0.308. The second-order valence-electron chi connectivity index (χ2n) is 3.72. The lowest BCUT2D eigenvalue weighted by Crippen LogP contribution is -2.41. The standard InChI is InChI=1S/C12H18FNO2/c1-2-5-10(14)12(8-15)16-11-7-4-3-6-9(11)13/h3-4,6-7,10,12,15H,2,5,8,14H2,1H3. The SMILES string of the molecule is CCCC(N)C(CO)Oc1ccccc1F. The summed E-state index contributed by atoms with van der Waals surface area (Å²) in [6.07, 6.45) is 1.08. The number of hydrogen-bond acceptors (Lipinski definition) is 3. The van der Waals surface area contributed by atoms with Crippen LogP contribution in [0.15, 0.2) is 24.3 Å². The lowest BCUT2D eigenvalue weighted by Gasteiger charge is -2.23. The Balaban J connectivity index is 2.66. The molecule has 90 valence electrons. The smallest absolute Gasteiger partial charge is 0.165 e. The van der Waals surface area contributed by atoms with Gasteiger partial charge in [-0.1, -0.05) is 25.5 Å². The van der Waals surface area contributed by atoms with E-state index in [1.165, 1.54) is 12.1 Å². The van der Waals surface area contributed by atoms with Gasteiger partial charge in [-0.3, -0.25) is 0 Å². The van der Waals surface area contributed by atoms with E-state index in [4.69, 9.17) is 15.6 Å². The van der Waals surface area contributed by atoms with Gasteiger partial charge >= 0.3 is 0 Å². The molecule has 0 radical (unpaired) electrons. The molecular weight excluding hydrogens is 209 g/mol. The van der Waals surface area contributed by atoms with Gasteiger partial charge in [0.25, 0.3) is 0 Å². The molecule has 0 aliphatic carbocycles. The lowest BCUT2D eigenvalue weighted by atomic mass is 10.1. The van der Waals surface area contributed by atoms with E-state index in [0.717, 1.165) is 12.8 Å². The Morgan fingerprint density at radius 1 is 1.44 bits per heavy atom. The van der Waals surface area contributed by atoms with Crippen LogP contribution in [-0.2, 0) is 0 Å². The van der Waals surface area contributed by atoms with Crippen LogP contribution >= 0.6 is 0 Å². The monoisotopic (exact) mass is 227 g/mol. The molecular formula is C12H18FNO2. The van der Waals surface area contributed by atoms with Crippen molar-refractivity contribution in [2.75, 3.05) is 6.61 Å². The molecule has 0 aromatic heterocycles. The average Bonchev–Trinajstić information content (AvgIpc) is 2.28. The van der Waals surface area contributed by atoms with Crippen molar-refractivity contribution in [3.8, 4) is 5.75 Å². The van der Waals surface area contributed by atoms with Crippen LogP contribution in [-0.4, -0.2) is 23.9 Å². The van der Waals surface area contributed by atoms with Gasteiger partial charge in [-0.15, -0.1) is 0 Å². The van der Waals surface area contributed by atoms with Gasteiger partial charge in [-0.05, 0) is 18.6 Å². The van der Waals surface area contributed by atoms with Crippen molar-refractivity contribution in [1.29, 1.82) is 0 Å². The van der Waals surface area contributed by atoms with E-state index >= 15 is 0 Å². The third-order valence-electron chi connectivity index (χ3n) is 2.39. The molecule has 0 saturated carbocycles. The van der Waals surface area contributed by atoms with E-state index in [1.54, 1.807) is 12.1 Å². The van der Waals surface area contributed by atoms with Crippen LogP contribution in [0, 0.1) is 5.82 Å². The Bertz CT molecular complexity index is 320. The van der Waals surface area contributed by atoms with E-state index in [9.17, 15) is 4.39 Å². The fraction of sp³-hybridized carbons (Fsp3) is 0.500. The molecule has 0 aliphatic heterocycles. The number of benzene rings is 1. The number of rotatable bonds is 6. The number of ether oxygens (including phenoxy) is 1. The lowest BCUT2D eigenvalue weighted by molar-refractivity contribution is 0.0880. The molecule has 2 atom stereocenters. The second kappa shape index (κ2) is 6.45. The molecule has 2 unspecified atom stereocenters. The molecule has 3 N–H and O–H groups in total. The van der Waals surface area contributed by atoms with Crippen molar-refractivity contribution in [2.45, 2.75) is 31.9 Å². The van der Waals surface area contributed by atoms with E-state index < -0.39 is 11.9 Å². The molecule has 0 spiro atoms. The summed E-state index contributed by atoms with van der Waals surface area (Å²) in [5, 5.41) is 9.15. The van der Waals surface area contributed by atoms with Gasteiger partial charge < -0.3 is 15.6 Å². The average molecular weight is 227 g/mol. The first-order valence-electron chi connectivity index (χ1n) is 5.46. The summed E-state index contributed by atoms with van der Waals surface area (Å²) in [6.45, 7) is 1.78. The minimum absolute atomic E-state index is 0.133. The van der Waals surface area contributed by atoms with Crippen molar-refractivity contribution >= 4 is 0 Å². The number of nitrogens with two attached hydrogens (primary N) is 1. The summed E-state index contributed by atoms with van der Waals surface area (Å²) in [4.78, 5) is 0. The third kappa shape index (κ3) is 3.47. The van der Waals surface area contributed by atoms with Gasteiger partial charge in [0.1, 0.15) is 6.10 Å². The summed E-state index contributed by atoms with van der Waals surface area (Å²) in [7, 11) is 0. The normalized spacial score (nSPS) is 14.5. The van der Waals surface area contributed by atoms with E-state index in [2.05, 4.69) is 0 Å². The van der Waals surface area contributed by atoms with Crippen LogP contribution < -0.4 is 10.5 Å². The zero-order valence-electron chi connectivity index (χ0n) is 9.40. The van der Waals surface area contributed by atoms with Crippen molar-refractivity contribution < 1.29 is 14.2 Å². The maximum Gasteiger partial charge on any atom is 0.165 e. The maximum absolute atomic E-state index is 13.3. The van der Waals surface area contributed by atoms with Crippen molar-refractivity contribution in [1.82, 2.24) is 0 Å². The largest absolute Gasteiger partial charge is 0.483 e. The third-order valence-corrected chi connectivity index (χ3v) is 2.39. The minimum Gasteiger partial charge on any atom is -0.483 e. The highest BCUT2D eigenvalue weighted by atomic mass is 19.1. The Morgan fingerprint density at radius 2 is 2.12 bits per heavy atom. The zero-order valence-corrected chi connectivity index (χ0v) is 9.40. The van der Waals surface area contributed by atoms with E-state index in [0.29, 0.717) is 0 Å². The van der Waals surface area contributed by atoms with Gasteiger partial charge in [-0.2, -0.15) is 0 Å². The second-order valence-corrected chi connectivity index (χ2v) is 3.72. The molecule has 0 aliphatic rings. The highest BCUT2D eigenvalue weighted by Crippen LogP contribution is 2.18. The number of halogens is 1. The quantitative estimate of drug-likeness (QED) is 0.777. The summed E-state index contributed by atoms with van der Waals surface area (Å²) in [6, 6.07) is 5.82. The minimum atomic E-state index is -0.558. The number of hydrogen-bond donors (Lipinski definition) is 2. The van der Waals surface area contributed by atoms with Crippen LogP contribution in [0.5, 0.6) is 5.75 Å². The summed E-state index contributed by atoms with van der Waals surface area (Å²) in [5.41, 5.74) is 5.83. The molecule has 0 bridgehead atoms. The van der Waals surface area contributed by atoms with Gasteiger partial charge in [0.05, 0.1) is 6.61 Å². The molecule has 3 nitrogen and oxygen atoms in total. The van der Waals surface area contributed by atoms with Crippen LogP contribution in [0.2, 0.25) is 0 Å². The first kappa shape index (κ1) is 12.9. The highest BCUT2D eigenvalue weighted by molar-refractivity contribution is 5.24. The van der Waals surface area contributed by atoms with E-state index in [1.807, 2.05) is 6.92 Å². The molecule has 4 heteroatoms. The number of aliphatic hydroxyl groups is 1. The fourth-order valence-electron chi connectivity index (χ4n) is 1.48. The molecule has 0 amide bonds. The molecule has 1 aromatic carbocycles. The van der Waals surface area contributed by atoms with Crippen molar-refractivity contribution in [2.24, 2.45) is 5.73 Å². The van der Waals surface area contributed by atoms with Gasteiger partial charge in [0.2, 0.25) is 0 Å². The van der Waals surface area contributed by atoms with E-state index in [-0.39, 0.29) is 18.4 Å². The van der Waals surface area contributed by atoms with Crippen molar-refractivity contribution in [3.63, 3.8) is 0 Å². The van der Waals surface area contributed by atoms with Gasteiger partial charge in [-0.25, -0.2) is 4.39 Å². The zero-order chi connectivity index (χ0) is 12.0. The molecule has 16 heavy (non-hydrogen) atoms. The molecule has 0 fully saturated rings. The Hall–Kier alpha value is -1.13. The van der Waals surface area contributed by atoms with Gasteiger partial charge in [0, 0.05) is 6.04 Å². The first-order chi connectivity index (χ1) is 7.69. The molecule has 1 rings (SSSR count). The number of aliphatic hydroxyl groups excluding tert-OH is 1. The topological polar surface area (TPSA) is 55.5 Å². The summed E-state index contributed by atoms with van der Waals surface area (Å²) < 4.78 is 18.6. The number of para-hydroxylation sites is 1.